The molecule has 126 valence electrons. The molecule has 6 heteroatoms. The van der Waals surface area contributed by atoms with Gasteiger partial charge < -0.3 is 10.4 Å². The van der Waals surface area contributed by atoms with Crippen LogP contribution in [0.3, 0.4) is 0 Å². The van der Waals surface area contributed by atoms with Crippen LogP contribution in [-0.2, 0) is 0 Å². The molecule has 2 aromatic carbocycles. The number of hydrogen-bond acceptors (Lipinski definition) is 4. The van der Waals surface area contributed by atoms with E-state index < -0.39 is 10.9 Å². The summed E-state index contributed by atoms with van der Waals surface area (Å²) >= 11 is 0. The molecule has 0 amide bonds. The van der Waals surface area contributed by atoms with Gasteiger partial charge in [-0.2, -0.15) is 0 Å². The molecule has 0 fully saturated rings. The summed E-state index contributed by atoms with van der Waals surface area (Å²) in [5, 5.41) is 23.6. The van der Waals surface area contributed by atoms with Gasteiger partial charge in [-0.05, 0) is 41.7 Å². The van der Waals surface area contributed by atoms with E-state index in [1.54, 1.807) is 30.3 Å². The molecule has 0 saturated heterocycles. The molecule has 0 saturated carbocycles. The molecule has 1 heterocycles. The van der Waals surface area contributed by atoms with Crippen LogP contribution in [0.5, 0.6) is 0 Å². The third-order valence-corrected chi connectivity index (χ3v) is 5.07. The summed E-state index contributed by atoms with van der Waals surface area (Å²) in [7, 11) is 0. The van der Waals surface area contributed by atoms with Gasteiger partial charge in [-0.15, -0.1) is 0 Å². The number of aromatic carboxylic acids is 1. The van der Waals surface area contributed by atoms with E-state index >= 15 is 0 Å². The largest absolute Gasteiger partial charge is 0.478 e. The van der Waals surface area contributed by atoms with Gasteiger partial charge in [-0.25, -0.2) is 4.79 Å². The molecule has 0 aromatic heterocycles. The second kappa shape index (κ2) is 5.73. The van der Waals surface area contributed by atoms with Crippen molar-refractivity contribution in [2.75, 3.05) is 5.32 Å². The summed E-state index contributed by atoms with van der Waals surface area (Å²) in [6.45, 7) is 0. The van der Waals surface area contributed by atoms with Crippen LogP contribution in [0.25, 0.3) is 0 Å². The Kier molecular flexibility index (Phi) is 3.53. The zero-order valence-corrected chi connectivity index (χ0v) is 13.3. The summed E-state index contributed by atoms with van der Waals surface area (Å²) in [5.74, 6) is -0.521. The first-order chi connectivity index (χ1) is 12.0. The zero-order chi connectivity index (χ0) is 17.6. The zero-order valence-electron chi connectivity index (χ0n) is 13.3. The van der Waals surface area contributed by atoms with E-state index in [2.05, 4.69) is 17.5 Å². The molecule has 2 aromatic rings. The molecule has 3 atom stereocenters. The Bertz CT molecular complexity index is 889. The van der Waals surface area contributed by atoms with Gasteiger partial charge in [-0.3, -0.25) is 10.1 Å². The van der Waals surface area contributed by atoms with E-state index in [0.29, 0.717) is 0 Å². The van der Waals surface area contributed by atoms with E-state index in [-0.39, 0.29) is 29.1 Å². The fourth-order valence-corrected chi connectivity index (χ4v) is 3.86. The van der Waals surface area contributed by atoms with Gasteiger partial charge in [0.25, 0.3) is 5.69 Å². The maximum Gasteiger partial charge on any atom is 0.335 e. The normalized spacial score (nSPS) is 23.4. The minimum absolute atomic E-state index is 0.0315. The Morgan fingerprint density at radius 2 is 1.96 bits per heavy atom. The Hall–Kier alpha value is -3.15. The first-order valence-corrected chi connectivity index (χ1v) is 8.09. The quantitative estimate of drug-likeness (QED) is 0.500. The van der Waals surface area contributed by atoms with Crippen LogP contribution in [0.15, 0.2) is 54.6 Å². The van der Waals surface area contributed by atoms with Crippen LogP contribution < -0.4 is 5.32 Å². The molecular formula is C19H16N2O4. The van der Waals surface area contributed by atoms with Crippen molar-refractivity contribution in [3.63, 3.8) is 0 Å². The maximum atomic E-state index is 11.3. The monoisotopic (exact) mass is 336 g/mol. The number of allylic oxidation sites excluding steroid dienone is 2. The molecule has 6 nitrogen and oxygen atoms in total. The Labute approximate surface area is 144 Å². The molecule has 1 aliphatic heterocycles. The van der Waals surface area contributed by atoms with Gasteiger partial charge in [0.2, 0.25) is 0 Å². The van der Waals surface area contributed by atoms with Gasteiger partial charge in [0, 0.05) is 23.7 Å². The molecular weight excluding hydrogens is 320 g/mol. The van der Waals surface area contributed by atoms with Crippen molar-refractivity contribution in [1.29, 1.82) is 0 Å². The van der Waals surface area contributed by atoms with Crippen LogP contribution in [-0.4, -0.2) is 16.0 Å². The van der Waals surface area contributed by atoms with Gasteiger partial charge in [-0.1, -0.05) is 24.3 Å². The fraction of sp³-hybridized carbons (Fsp3) is 0.211. The van der Waals surface area contributed by atoms with Crippen molar-refractivity contribution >= 4 is 17.3 Å². The summed E-state index contributed by atoms with van der Waals surface area (Å²) in [4.78, 5) is 21.7. The molecule has 25 heavy (non-hydrogen) atoms. The summed E-state index contributed by atoms with van der Waals surface area (Å²) in [6.07, 6.45) is 5.14. The number of carbonyl (C=O) groups is 1. The molecule has 0 spiro atoms. The van der Waals surface area contributed by atoms with Crippen molar-refractivity contribution in [3.05, 3.63) is 81.4 Å². The third-order valence-electron chi connectivity index (χ3n) is 5.07. The first-order valence-electron chi connectivity index (χ1n) is 8.09. The summed E-state index contributed by atoms with van der Waals surface area (Å²) < 4.78 is 0. The van der Waals surface area contributed by atoms with E-state index in [1.165, 1.54) is 12.1 Å². The van der Waals surface area contributed by atoms with Gasteiger partial charge in [0.1, 0.15) is 0 Å². The number of nitro groups is 1. The third kappa shape index (κ3) is 2.55. The van der Waals surface area contributed by atoms with E-state index in [9.17, 15) is 20.0 Å². The van der Waals surface area contributed by atoms with Crippen molar-refractivity contribution in [2.45, 2.75) is 18.4 Å². The highest BCUT2D eigenvalue weighted by Gasteiger charge is 2.38. The average Bonchev–Trinajstić information content (AvgIpc) is 3.10. The number of non-ortho nitro benzene ring substituents is 1. The van der Waals surface area contributed by atoms with Crippen molar-refractivity contribution in [3.8, 4) is 0 Å². The van der Waals surface area contributed by atoms with Gasteiger partial charge in [0.05, 0.1) is 16.5 Å². The minimum atomic E-state index is -0.932. The first kappa shape index (κ1) is 15.4. The number of fused-ring (bicyclic) bond motifs is 3. The SMILES string of the molecule is O=C(O)c1ccc2c(c1)[C@H]1C=CC[C@@H]1[C@H](c1ccc([N+](=O)[O-])cc1)N2. The topological polar surface area (TPSA) is 92.5 Å². The summed E-state index contributed by atoms with van der Waals surface area (Å²) in [5.41, 5.74) is 3.27. The number of carboxylic acids is 1. The van der Waals surface area contributed by atoms with Gasteiger partial charge >= 0.3 is 5.97 Å². The van der Waals surface area contributed by atoms with Crippen LogP contribution in [0.2, 0.25) is 0 Å². The van der Waals surface area contributed by atoms with Crippen LogP contribution in [0.4, 0.5) is 11.4 Å². The van der Waals surface area contributed by atoms with Gasteiger partial charge in [0.15, 0.2) is 0 Å². The number of benzene rings is 2. The molecule has 2 aliphatic rings. The molecule has 0 radical (unpaired) electrons. The predicted octanol–water partition coefficient (Wildman–Crippen LogP) is 4.12. The van der Waals surface area contributed by atoms with Crippen molar-refractivity contribution in [1.82, 2.24) is 0 Å². The molecule has 2 N–H and O–H groups in total. The van der Waals surface area contributed by atoms with E-state index in [4.69, 9.17) is 0 Å². The lowest BCUT2D eigenvalue weighted by Gasteiger charge is -2.37. The van der Waals surface area contributed by atoms with E-state index in [0.717, 1.165) is 23.2 Å². The molecule has 4 rings (SSSR count). The Morgan fingerprint density at radius 3 is 2.64 bits per heavy atom. The standard InChI is InChI=1S/C19H16N2O4/c22-19(23)12-6-9-17-16(10-12)14-2-1-3-15(14)18(20-17)11-4-7-13(8-5-11)21(24)25/h1-2,4-10,14-15,18,20H,3H2,(H,22,23)/t14-,15-,18-/m0/s1. The van der Waals surface area contributed by atoms with Crippen LogP contribution in [0, 0.1) is 16.0 Å². The lowest BCUT2D eigenvalue weighted by Crippen LogP contribution is -2.29. The maximum absolute atomic E-state index is 11.3. The predicted molar refractivity (Wildman–Crippen MR) is 92.8 cm³/mol. The highest BCUT2D eigenvalue weighted by molar-refractivity contribution is 5.89. The van der Waals surface area contributed by atoms with Crippen LogP contribution in [0.1, 0.15) is 39.9 Å². The number of nitrogens with one attached hydrogen (secondary N) is 1. The van der Waals surface area contributed by atoms with E-state index in [1.807, 2.05) is 0 Å². The number of carboxylic acid groups (broad SMARTS) is 1. The highest BCUT2D eigenvalue weighted by Crippen LogP contribution is 2.50. The number of rotatable bonds is 3. The minimum Gasteiger partial charge on any atom is -0.478 e. The Morgan fingerprint density at radius 1 is 1.20 bits per heavy atom. The molecule has 1 aliphatic carbocycles. The second-order valence-electron chi connectivity index (χ2n) is 6.43. The Balaban J connectivity index is 1.72. The number of nitrogens with zero attached hydrogens (tertiary/aromatic N) is 1. The highest BCUT2D eigenvalue weighted by atomic mass is 16.6. The lowest BCUT2D eigenvalue weighted by molar-refractivity contribution is -0.384. The second-order valence-corrected chi connectivity index (χ2v) is 6.43. The lowest BCUT2D eigenvalue weighted by atomic mass is 9.76. The summed E-state index contributed by atoms with van der Waals surface area (Å²) in [6, 6.07) is 11.8. The fourth-order valence-electron chi connectivity index (χ4n) is 3.86. The number of nitro benzene ring substituents is 1. The molecule has 0 unspecified atom stereocenters. The molecule has 0 bridgehead atoms. The number of hydrogen-bond donors (Lipinski definition) is 2. The van der Waals surface area contributed by atoms with Crippen molar-refractivity contribution < 1.29 is 14.8 Å². The smallest absolute Gasteiger partial charge is 0.335 e. The number of anilines is 1. The average molecular weight is 336 g/mol. The van der Waals surface area contributed by atoms with Crippen LogP contribution >= 0.6 is 0 Å². The van der Waals surface area contributed by atoms with Crippen molar-refractivity contribution in [2.24, 2.45) is 5.92 Å².